The summed E-state index contributed by atoms with van der Waals surface area (Å²) in [6, 6.07) is 5.07. The quantitative estimate of drug-likeness (QED) is 0.915. The normalized spacial score (nSPS) is 10.2. The van der Waals surface area contributed by atoms with Gasteiger partial charge >= 0.3 is 0 Å². The maximum absolute atomic E-state index is 11.8. The summed E-state index contributed by atoms with van der Waals surface area (Å²) in [6.45, 7) is 0.406. The van der Waals surface area contributed by atoms with E-state index in [1.807, 2.05) is 0 Å². The van der Waals surface area contributed by atoms with Crippen molar-refractivity contribution in [1.82, 2.24) is 15.3 Å². The fraction of sp³-hybridized carbons (Fsp3) is 0.0909. The average Bonchev–Trinajstić information content (AvgIpc) is 2.77. The average molecular weight is 315 g/mol. The number of nitrogens with zero attached hydrogens (tertiary/aromatic N) is 1. The number of aromatic nitrogens is 2. The van der Waals surface area contributed by atoms with E-state index in [1.54, 1.807) is 30.7 Å². The van der Waals surface area contributed by atoms with Crippen LogP contribution in [-0.4, -0.2) is 15.9 Å². The lowest BCUT2D eigenvalue weighted by Gasteiger charge is -2.04. The van der Waals surface area contributed by atoms with Crippen molar-refractivity contribution in [3.05, 3.63) is 51.5 Å². The van der Waals surface area contributed by atoms with Crippen LogP contribution in [-0.2, 0) is 6.54 Å². The first-order valence-corrected chi connectivity index (χ1v) is 6.04. The molecule has 0 aliphatic heterocycles. The molecule has 0 fully saturated rings. The number of nitrogens with one attached hydrogen (secondary N) is 2. The van der Waals surface area contributed by atoms with Crippen LogP contribution in [0.5, 0.6) is 0 Å². The van der Waals surface area contributed by atoms with E-state index in [2.05, 4.69) is 31.2 Å². The molecule has 0 atom stereocenters. The van der Waals surface area contributed by atoms with Gasteiger partial charge in [0.1, 0.15) is 0 Å². The molecule has 1 aromatic carbocycles. The number of H-pyrrole nitrogens is 1. The molecule has 0 unspecified atom stereocenters. The van der Waals surface area contributed by atoms with Gasteiger partial charge in [-0.15, -0.1) is 0 Å². The van der Waals surface area contributed by atoms with Crippen LogP contribution in [0.15, 0.2) is 35.2 Å². The Balaban J connectivity index is 2.04. The lowest BCUT2D eigenvalue weighted by Crippen LogP contribution is -2.22. The Labute approximate surface area is 112 Å². The lowest BCUT2D eigenvalue weighted by molar-refractivity contribution is 0.0950. The van der Waals surface area contributed by atoms with E-state index in [4.69, 9.17) is 11.6 Å². The fourth-order valence-corrected chi connectivity index (χ4v) is 2.20. The van der Waals surface area contributed by atoms with Gasteiger partial charge in [-0.25, -0.2) is 4.98 Å². The summed E-state index contributed by atoms with van der Waals surface area (Å²) in [5.74, 6) is -0.178. The molecule has 2 N–H and O–H groups in total. The summed E-state index contributed by atoms with van der Waals surface area (Å²) < 4.78 is 0.775. The molecular formula is C11H9BrClN3O. The second-order valence-corrected chi connectivity index (χ2v) is 4.77. The topological polar surface area (TPSA) is 57.8 Å². The number of benzene rings is 1. The Kier molecular flexibility index (Phi) is 3.81. The second kappa shape index (κ2) is 5.33. The first-order chi connectivity index (χ1) is 8.15. The molecule has 2 rings (SSSR count). The zero-order chi connectivity index (χ0) is 12.3. The molecule has 6 heteroatoms. The SMILES string of the molecule is O=C(NCc1cnc[nH]1)c1cc(Cl)cc(Br)c1. The van der Waals surface area contributed by atoms with Crippen molar-refractivity contribution in [1.29, 1.82) is 0 Å². The molecule has 0 spiro atoms. The first-order valence-electron chi connectivity index (χ1n) is 4.86. The molecule has 4 nitrogen and oxygen atoms in total. The third-order valence-electron chi connectivity index (χ3n) is 2.12. The van der Waals surface area contributed by atoms with Crippen LogP contribution < -0.4 is 5.32 Å². The number of carbonyl (C=O) groups excluding carboxylic acids is 1. The molecule has 0 saturated heterocycles. The predicted molar refractivity (Wildman–Crippen MR) is 68.9 cm³/mol. The smallest absolute Gasteiger partial charge is 0.251 e. The predicted octanol–water partition coefficient (Wildman–Crippen LogP) is 2.76. The van der Waals surface area contributed by atoms with Crippen LogP contribution in [0.1, 0.15) is 16.1 Å². The molecule has 0 aliphatic rings. The van der Waals surface area contributed by atoms with Gasteiger partial charge < -0.3 is 10.3 Å². The van der Waals surface area contributed by atoms with E-state index < -0.39 is 0 Å². The number of imidazole rings is 1. The Morgan fingerprint density at radius 3 is 2.94 bits per heavy atom. The Morgan fingerprint density at radius 1 is 1.47 bits per heavy atom. The monoisotopic (exact) mass is 313 g/mol. The summed E-state index contributed by atoms with van der Waals surface area (Å²) in [5, 5.41) is 3.29. The fourth-order valence-electron chi connectivity index (χ4n) is 1.34. The molecule has 0 aliphatic carbocycles. The van der Waals surface area contributed by atoms with Gasteiger partial charge in [0, 0.05) is 21.3 Å². The molecule has 1 heterocycles. The molecule has 2 aromatic rings. The number of rotatable bonds is 3. The van der Waals surface area contributed by atoms with Crippen LogP contribution in [0.3, 0.4) is 0 Å². The minimum atomic E-state index is -0.178. The molecule has 17 heavy (non-hydrogen) atoms. The highest BCUT2D eigenvalue weighted by Crippen LogP contribution is 2.19. The standard InChI is InChI=1S/C11H9BrClN3O/c12-8-1-7(2-9(13)3-8)11(17)15-5-10-4-14-6-16-10/h1-4,6H,5H2,(H,14,16)(H,15,17). The van der Waals surface area contributed by atoms with Gasteiger partial charge in [0.05, 0.1) is 18.6 Å². The van der Waals surface area contributed by atoms with Crippen LogP contribution in [0.2, 0.25) is 5.02 Å². The van der Waals surface area contributed by atoms with Crippen LogP contribution >= 0.6 is 27.5 Å². The van der Waals surface area contributed by atoms with E-state index in [1.165, 1.54) is 0 Å². The molecule has 1 aromatic heterocycles. The van der Waals surface area contributed by atoms with E-state index in [0.717, 1.165) is 10.2 Å². The van der Waals surface area contributed by atoms with Crippen molar-refractivity contribution in [2.24, 2.45) is 0 Å². The zero-order valence-corrected chi connectivity index (χ0v) is 11.0. The number of hydrogen-bond acceptors (Lipinski definition) is 2. The molecule has 88 valence electrons. The van der Waals surface area contributed by atoms with Gasteiger partial charge in [-0.05, 0) is 18.2 Å². The van der Waals surface area contributed by atoms with Gasteiger partial charge in [-0.3, -0.25) is 4.79 Å². The van der Waals surface area contributed by atoms with Crippen molar-refractivity contribution in [2.75, 3.05) is 0 Å². The molecule has 0 saturated carbocycles. The number of amides is 1. The van der Waals surface area contributed by atoms with Crippen LogP contribution in [0.4, 0.5) is 0 Å². The minimum Gasteiger partial charge on any atom is -0.347 e. The van der Waals surface area contributed by atoms with Crippen LogP contribution in [0.25, 0.3) is 0 Å². The summed E-state index contributed by atoms with van der Waals surface area (Å²) in [4.78, 5) is 18.6. The number of halogens is 2. The highest BCUT2D eigenvalue weighted by atomic mass is 79.9. The van der Waals surface area contributed by atoms with Gasteiger partial charge in [0.15, 0.2) is 0 Å². The second-order valence-electron chi connectivity index (χ2n) is 3.42. The lowest BCUT2D eigenvalue weighted by atomic mass is 10.2. The third kappa shape index (κ3) is 3.31. The summed E-state index contributed by atoms with van der Waals surface area (Å²) >= 11 is 9.16. The number of hydrogen-bond donors (Lipinski definition) is 2. The zero-order valence-electron chi connectivity index (χ0n) is 8.71. The largest absolute Gasteiger partial charge is 0.347 e. The molecule has 1 amide bonds. The van der Waals surface area contributed by atoms with Gasteiger partial charge in [-0.1, -0.05) is 27.5 Å². The Morgan fingerprint density at radius 2 is 2.29 bits per heavy atom. The molecule has 0 bridgehead atoms. The van der Waals surface area contributed by atoms with E-state index in [9.17, 15) is 4.79 Å². The van der Waals surface area contributed by atoms with Crippen molar-refractivity contribution in [3.63, 3.8) is 0 Å². The van der Waals surface area contributed by atoms with Gasteiger partial charge in [0.25, 0.3) is 5.91 Å². The van der Waals surface area contributed by atoms with Crippen LogP contribution in [0, 0.1) is 0 Å². The Bertz CT molecular complexity index is 507. The van der Waals surface area contributed by atoms with Crippen molar-refractivity contribution in [2.45, 2.75) is 6.54 Å². The number of aromatic amines is 1. The Hall–Kier alpha value is -1.33. The summed E-state index contributed by atoms with van der Waals surface area (Å²) in [7, 11) is 0. The van der Waals surface area contributed by atoms with Crippen molar-refractivity contribution >= 4 is 33.4 Å². The molecular weight excluding hydrogens is 305 g/mol. The van der Waals surface area contributed by atoms with Crippen molar-refractivity contribution in [3.8, 4) is 0 Å². The van der Waals surface area contributed by atoms with E-state index >= 15 is 0 Å². The first kappa shape index (κ1) is 12.1. The molecule has 0 radical (unpaired) electrons. The maximum Gasteiger partial charge on any atom is 0.251 e. The van der Waals surface area contributed by atoms with Gasteiger partial charge in [0.2, 0.25) is 0 Å². The summed E-state index contributed by atoms with van der Waals surface area (Å²) in [6.07, 6.45) is 3.23. The minimum absolute atomic E-state index is 0.178. The summed E-state index contributed by atoms with van der Waals surface area (Å²) in [5.41, 5.74) is 1.36. The van der Waals surface area contributed by atoms with Crippen molar-refractivity contribution < 1.29 is 4.79 Å². The third-order valence-corrected chi connectivity index (χ3v) is 2.80. The highest BCUT2D eigenvalue weighted by molar-refractivity contribution is 9.10. The van der Waals surface area contributed by atoms with E-state index in [0.29, 0.717) is 17.1 Å². The maximum atomic E-state index is 11.8. The number of carbonyl (C=O) groups is 1. The highest BCUT2D eigenvalue weighted by Gasteiger charge is 2.07. The van der Waals surface area contributed by atoms with E-state index in [-0.39, 0.29) is 5.91 Å². The van der Waals surface area contributed by atoms with Gasteiger partial charge in [-0.2, -0.15) is 0 Å².